The fourth-order valence-electron chi connectivity index (χ4n) is 2.74. The molecule has 0 atom stereocenters. The van der Waals surface area contributed by atoms with E-state index in [-0.39, 0.29) is 12.8 Å². The Bertz CT molecular complexity index is 494. The van der Waals surface area contributed by atoms with Crippen molar-refractivity contribution in [2.24, 2.45) is 0 Å². The normalized spacial score (nSPS) is 20.1. The summed E-state index contributed by atoms with van der Waals surface area (Å²) in [5.74, 6) is 1.22. The summed E-state index contributed by atoms with van der Waals surface area (Å²) in [6.07, 6.45) is 1.54. The molecule has 1 saturated heterocycles. The lowest BCUT2D eigenvalue weighted by atomic mass is 9.84. The van der Waals surface area contributed by atoms with Crippen LogP contribution in [0.3, 0.4) is 0 Å². The van der Waals surface area contributed by atoms with Crippen LogP contribution in [0.15, 0.2) is 18.2 Å². The Hall–Kier alpha value is -1.75. The van der Waals surface area contributed by atoms with Gasteiger partial charge < -0.3 is 19.5 Å². The minimum Gasteiger partial charge on any atom is -0.454 e. The van der Waals surface area contributed by atoms with Gasteiger partial charge in [0, 0.05) is 19.8 Å². The molecule has 2 aliphatic heterocycles. The van der Waals surface area contributed by atoms with Gasteiger partial charge in [-0.25, -0.2) is 0 Å². The maximum Gasteiger partial charge on any atom is 0.303 e. The minimum absolute atomic E-state index is 0.250. The van der Waals surface area contributed by atoms with Crippen LogP contribution in [0.4, 0.5) is 0 Å². The highest BCUT2D eigenvalue weighted by molar-refractivity contribution is 5.67. The first-order valence-electron chi connectivity index (χ1n) is 6.50. The van der Waals surface area contributed by atoms with Crippen molar-refractivity contribution in [3.63, 3.8) is 0 Å². The molecule has 1 N–H and O–H groups in total. The Labute approximate surface area is 111 Å². The van der Waals surface area contributed by atoms with E-state index in [0.29, 0.717) is 0 Å². The summed E-state index contributed by atoms with van der Waals surface area (Å²) in [6, 6.07) is 5.77. The van der Waals surface area contributed by atoms with Crippen LogP contribution < -0.4 is 14.8 Å². The molecule has 19 heavy (non-hydrogen) atoms. The van der Waals surface area contributed by atoms with E-state index < -0.39 is 5.60 Å². The molecule has 0 amide bonds. The van der Waals surface area contributed by atoms with E-state index >= 15 is 0 Å². The number of hydrogen-bond acceptors (Lipinski definition) is 5. The molecule has 0 saturated carbocycles. The molecule has 0 radical (unpaired) electrons. The first-order chi connectivity index (χ1) is 9.20. The molecule has 0 bridgehead atoms. The number of benzene rings is 1. The average Bonchev–Trinajstić information content (AvgIpc) is 2.86. The van der Waals surface area contributed by atoms with Crippen molar-refractivity contribution in [1.29, 1.82) is 0 Å². The number of fused-ring (bicyclic) bond motifs is 1. The van der Waals surface area contributed by atoms with Gasteiger partial charge in [0.2, 0.25) is 6.79 Å². The van der Waals surface area contributed by atoms with Crippen molar-refractivity contribution in [2.45, 2.75) is 25.4 Å². The van der Waals surface area contributed by atoms with Gasteiger partial charge in [-0.15, -0.1) is 0 Å². The number of rotatable bonds is 2. The molecule has 0 aromatic heterocycles. The Morgan fingerprint density at radius 2 is 2.00 bits per heavy atom. The first kappa shape index (κ1) is 12.3. The molecule has 0 spiro atoms. The summed E-state index contributed by atoms with van der Waals surface area (Å²) < 4.78 is 16.4. The zero-order valence-corrected chi connectivity index (χ0v) is 10.9. The summed E-state index contributed by atoms with van der Waals surface area (Å²) in [7, 11) is 0. The summed E-state index contributed by atoms with van der Waals surface area (Å²) in [4.78, 5) is 11.4. The van der Waals surface area contributed by atoms with Gasteiger partial charge in [0.05, 0.1) is 0 Å². The maximum absolute atomic E-state index is 11.4. The van der Waals surface area contributed by atoms with E-state index in [4.69, 9.17) is 14.2 Å². The number of piperidine rings is 1. The smallest absolute Gasteiger partial charge is 0.303 e. The largest absolute Gasteiger partial charge is 0.454 e. The fourth-order valence-corrected chi connectivity index (χ4v) is 2.74. The summed E-state index contributed by atoms with van der Waals surface area (Å²) in [6.45, 7) is 3.38. The molecule has 2 aliphatic rings. The predicted octanol–water partition coefficient (Wildman–Crippen LogP) is 1.56. The number of esters is 1. The van der Waals surface area contributed by atoms with E-state index in [1.54, 1.807) is 0 Å². The Morgan fingerprint density at radius 3 is 2.74 bits per heavy atom. The summed E-state index contributed by atoms with van der Waals surface area (Å²) >= 11 is 0. The molecule has 5 heteroatoms. The highest BCUT2D eigenvalue weighted by atomic mass is 16.7. The van der Waals surface area contributed by atoms with Gasteiger partial charge in [0.25, 0.3) is 0 Å². The number of carbonyl (C=O) groups is 1. The third-order valence-electron chi connectivity index (χ3n) is 3.65. The zero-order chi connectivity index (χ0) is 13.3. The molecular weight excluding hydrogens is 246 g/mol. The minimum atomic E-state index is -0.544. The van der Waals surface area contributed by atoms with Crippen molar-refractivity contribution in [3.05, 3.63) is 23.8 Å². The van der Waals surface area contributed by atoms with E-state index in [9.17, 15) is 4.79 Å². The van der Waals surface area contributed by atoms with Gasteiger partial charge in [0.1, 0.15) is 5.60 Å². The zero-order valence-electron chi connectivity index (χ0n) is 10.9. The van der Waals surface area contributed by atoms with Crippen molar-refractivity contribution in [3.8, 4) is 11.5 Å². The van der Waals surface area contributed by atoms with Crippen LogP contribution in [0.5, 0.6) is 11.5 Å². The second-order valence-electron chi connectivity index (χ2n) is 4.91. The first-order valence-corrected chi connectivity index (χ1v) is 6.50. The van der Waals surface area contributed by atoms with Crippen molar-refractivity contribution in [1.82, 2.24) is 5.32 Å². The van der Waals surface area contributed by atoms with E-state index in [1.807, 2.05) is 18.2 Å². The molecule has 2 heterocycles. The van der Waals surface area contributed by atoms with Crippen LogP contribution in [-0.2, 0) is 15.1 Å². The number of nitrogens with one attached hydrogen (secondary N) is 1. The van der Waals surface area contributed by atoms with Gasteiger partial charge in [0.15, 0.2) is 11.5 Å². The molecule has 3 rings (SSSR count). The molecule has 1 aromatic carbocycles. The Morgan fingerprint density at radius 1 is 1.26 bits per heavy atom. The lowest BCUT2D eigenvalue weighted by Gasteiger charge is -2.37. The Balaban J connectivity index is 1.96. The second kappa shape index (κ2) is 4.74. The molecule has 5 nitrogen and oxygen atoms in total. The van der Waals surface area contributed by atoms with E-state index in [0.717, 1.165) is 43.0 Å². The number of ether oxygens (including phenoxy) is 3. The van der Waals surface area contributed by atoms with Gasteiger partial charge >= 0.3 is 5.97 Å². The summed E-state index contributed by atoms with van der Waals surface area (Å²) in [5, 5.41) is 3.29. The van der Waals surface area contributed by atoms with Gasteiger partial charge in [-0.1, -0.05) is 6.07 Å². The topological polar surface area (TPSA) is 56.8 Å². The second-order valence-corrected chi connectivity index (χ2v) is 4.91. The molecule has 1 fully saturated rings. The van der Waals surface area contributed by atoms with Crippen LogP contribution in [0, 0.1) is 0 Å². The van der Waals surface area contributed by atoms with Crippen LogP contribution in [0.1, 0.15) is 25.3 Å². The molecule has 0 aliphatic carbocycles. The third kappa shape index (κ3) is 2.26. The van der Waals surface area contributed by atoms with Gasteiger partial charge in [-0.3, -0.25) is 4.79 Å². The average molecular weight is 263 g/mol. The van der Waals surface area contributed by atoms with Crippen LogP contribution in [0.25, 0.3) is 0 Å². The molecule has 0 unspecified atom stereocenters. The van der Waals surface area contributed by atoms with Crippen LogP contribution in [-0.4, -0.2) is 25.9 Å². The molecule has 1 aromatic rings. The molecule has 102 valence electrons. The maximum atomic E-state index is 11.4. The van der Waals surface area contributed by atoms with E-state index in [1.165, 1.54) is 6.92 Å². The number of carbonyl (C=O) groups excluding carboxylic acids is 1. The number of hydrogen-bond donors (Lipinski definition) is 1. The highest BCUT2D eigenvalue weighted by Gasteiger charge is 2.38. The third-order valence-corrected chi connectivity index (χ3v) is 3.65. The molecular formula is C14H17NO4. The van der Waals surface area contributed by atoms with Gasteiger partial charge in [-0.05, 0) is 30.8 Å². The van der Waals surface area contributed by atoms with Crippen molar-refractivity contribution in [2.75, 3.05) is 19.9 Å². The summed E-state index contributed by atoms with van der Waals surface area (Å²) in [5.41, 5.74) is 0.436. The standard InChI is InChI=1S/C14H17NO4/c1-10(16)19-14(4-6-15-7-5-14)11-2-3-12-13(8-11)18-9-17-12/h2-3,8,15H,4-7,9H2,1H3. The van der Waals surface area contributed by atoms with Crippen molar-refractivity contribution < 1.29 is 19.0 Å². The van der Waals surface area contributed by atoms with Crippen LogP contribution >= 0.6 is 0 Å². The predicted molar refractivity (Wildman–Crippen MR) is 68.1 cm³/mol. The Kier molecular flexibility index (Phi) is 3.06. The quantitative estimate of drug-likeness (QED) is 0.821. The lowest BCUT2D eigenvalue weighted by Crippen LogP contribution is -2.42. The van der Waals surface area contributed by atoms with Crippen molar-refractivity contribution >= 4 is 5.97 Å². The SMILES string of the molecule is CC(=O)OC1(c2ccc3c(c2)OCO3)CCNCC1. The monoisotopic (exact) mass is 263 g/mol. The van der Waals surface area contributed by atoms with Crippen LogP contribution in [0.2, 0.25) is 0 Å². The lowest BCUT2D eigenvalue weighted by molar-refractivity contribution is -0.161. The fraction of sp³-hybridized carbons (Fsp3) is 0.500. The van der Waals surface area contributed by atoms with E-state index in [2.05, 4.69) is 5.32 Å². The highest BCUT2D eigenvalue weighted by Crippen LogP contribution is 2.40. The van der Waals surface area contributed by atoms with Gasteiger partial charge in [-0.2, -0.15) is 0 Å².